The van der Waals surface area contributed by atoms with Gasteiger partial charge < -0.3 is 19.9 Å². The molecule has 1 atom stereocenters. The van der Waals surface area contributed by atoms with E-state index >= 15 is 0 Å². The average molecular weight is 237 g/mol. The molecule has 2 rings (SSSR count). The number of rotatable bonds is 4. The topological polar surface area (TPSA) is 67.8 Å². The monoisotopic (exact) mass is 237 g/mol. The van der Waals surface area contributed by atoms with E-state index in [2.05, 4.69) is 5.32 Å². The number of carbonyl (C=O) groups is 1. The lowest BCUT2D eigenvalue weighted by Crippen LogP contribution is -2.42. The van der Waals surface area contributed by atoms with Crippen LogP contribution in [0, 0.1) is 0 Å². The second-order valence-electron chi connectivity index (χ2n) is 4.18. The summed E-state index contributed by atoms with van der Waals surface area (Å²) in [5.74, 6) is 0.445. The molecule has 2 N–H and O–H groups in total. The van der Waals surface area contributed by atoms with Crippen molar-refractivity contribution in [2.75, 3.05) is 12.1 Å². The molecule has 0 amide bonds. The van der Waals surface area contributed by atoms with Gasteiger partial charge in [0.05, 0.1) is 0 Å². The summed E-state index contributed by atoms with van der Waals surface area (Å²) in [7, 11) is 0. The molecule has 0 fully saturated rings. The second-order valence-corrected chi connectivity index (χ2v) is 4.18. The lowest BCUT2D eigenvalue weighted by atomic mass is 9.99. The molecule has 1 aliphatic heterocycles. The number of hydrogen-bond acceptors (Lipinski definition) is 4. The molecule has 1 heterocycles. The van der Waals surface area contributed by atoms with Gasteiger partial charge in [0.25, 0.3) is 0 Å². The van der Waals surface area contributed by atoms with E-state index < -0.39 is 11.5 Å². The number of carboxylic acid groups (broad SMARTS) is 1. The predicted octanol–water partition coefficient (Wildman–Crippen LogP) is 2.08. The molecule has 1 aromatic rings. The van der Waals surface area contributed by atoms with Crippen LogP contribution >= 0.6 is 0 Å². The molecular weight excluding hydrogens is 222 g/mol. The molecule has 0 saturated heterocycles. The van der Waals surface area contributed by atoms with Gasteiger partial charge in [0.2, 0.25) is 6.79 Å². The van der Waals surface area contributed by atoms with Crippen LogP contribution in [0.3, 0.4) is 0 Å². The van der Waals surface area contributed by atoms with Crippen molar-refractivity contribution in [3.63, 3.8) is 0 Å². The lowest BCUT2D eigenvalue weighted by Gasteiger charge is -2.25. The number of benzene rings is 1. The van der Waals surface area contributed by atoms with Crippen molar-refractivity contribution >= 4 is 11.7 Å². The maximum atomic E-state index is 11.2. The van der Waals surface area contributed by atoms with Gasteiger partial charge in [0.1, 0.15) is 5.54 Å². The third-order valence-electron chi connectivity index (χ3n) is 2.97. The fourth-order valence-corrected chi connectivity index (χ4v) is 1.59. The zero-order valence-corrected chi connectivity index (χ0v) is 9.82. The highest BCUT2D eigenvalue weighted by atomic mass is 16.7. The van der Waals surface area contributed by atoms with E-state index in [0.717, 1.165) is 0 Å². The SMILES string of the molecule is CCC(C)(Nc1ccc2c(c1)OCO2)C(=O)O. The molecule has 17 heavy (non-hydrogen) atoms. The van der Waals surface area contributed by atoms with Crippen LogP contribution in [0.4, 0.5) is 5.69 Å². The van der Waals surface area contributed by atoms with Crippen LogP contribution < -0.4 is 14.8 Å². The van der Waals surface area contributed by atoms with Gasteiger partial charge in [0.15, 0.2) is 11.5 Å². The van der Waals surface area contributed by atoms with Gasteiger partial charge in [-0.2, -0.15) is 0 Å². The summed E-state index contributed by atoms with van der Waals surface area (Å²) in [6.45, 7) is 3.69. The Morgan fingerprint density at radius 2 is 2.18 bits per heavy atom. The van der Waals surface area contributed by atoms with Gasteiger partial charge >= 0.3 is 5.97 Å². The van der Waals surface area contributed by atoms with Crippen LogP contribution in [0.1, 0.15) is 20.3 Å². The van der Waals surface area contributed by atoms with E-state index in [1.807, 2.05) is 6.92 Å². The van der Waals surface area contributed by atoms with Crippen LogP contribution in [0.2, 0.25) is 0 Å². The second kappa shape index (κ2) is 4.16. The van der Waals surface area contributed by atoms with Crippen LogP contribution in [0.25, 0.3) is 0 Å². The van der Waals surface area contributed by atoms with Gasteiger partial charge in [-0.25, -0.2) is 4.79 Å². The molecular formula is C12H15NO4. The summed E-state index contributed by atoms with van der Waals surface area (Å²) in [5, 5.41) is 12.2. The zero-order valence-electron chi connectivity index (χ0n) is 9.82. The molecule has 0 aromatic heterocycles. The number of fused-ring (bicyclic) bond motifs is 1. The summed E-state index contributed by atoms with van der Waals surface area (Å²) in [6, 6.07) is 5.30. The van der Waals surface area contributed by atoms with Crippen molar-refractivity contribution < 1.29 is 19.4 Å². The molecule has 1 unspecified atom stereocenters. The predicted molar refractivity (Wildman–Crippen MR) is 62.5 cm³/mol. The Labute approximate surface area is 99.3 Å². The van der Waals surface area contributed by atoms with Crippen LogP contribution in [0.15, 0.2) is 18.2 Å². The Balaban J connectivity index is 2.21. The van der Waals surface area contributed by atoms with Gasteiger partial charge in [-0.1, -0.05) is 6.92 Å². The highest BCUT2D eigenvalue weighted by Gasteiger charge is 2.31. The van der Waals surface area contributed by atoms with E-state index in [-0.39, 0.29) is 6.79 Å². The number of hydrogen-bond donors (Lipinski definition) is 2. The van der Waals surface area contributed by atoms with Crippen molar-refractivity contribution in [1.82, 2.24) is 0 Å². The first-order valence-corrected chi connectivity index (χ1v) is 5.46. The van der Waals surface area contributed by atoms with E-state index in [1.165, 1.54) is 0 Å². The largest absolute Gasteiger partial charge is 0.480 e. The molecule has 5 heteroatoms. The summed E-state index contributed by atoms with van der Waals surface area (Å²) in [5.41, 5.74) is -0.269. The fourth-order valence-electron chi connectivity index (χ4n) is 1.59. The zero-order chi connectivity index (χ0) is 12.5. The quantitative estimate of drug-likeness (QED) is 0.839. The number of anilines is 1. The first-order valence-electron chi connectivity index (χ1n) is 5.46. The molecule has 1 aromatic carbocycles. The Kier molecular flexibility index (Phi) is 2.83. The van der Waals surface area contributed by atoms with Crippen LogP contribution in [-0.2, 0) is 4.79 Å². The van der Waals surface area contributed by atoms with Crippen molar-refractivity contribution in [2.45, 2.75) is 25.8 Å². The summed E-state index contributed by atoms with van der Waals surface area (Å²) < 4.78 is 10.4. The standard InChI is InChI=1S/C12H15NO4/c1-3-12(2,11(14)15)13-8-4-5-9-10(6-8)17-7-16-9/h4-6,13H,3,7H2,1-2H3,(H,14,15). The maximum absolute atomic E-state index is 11.2. The molecule has 0 bridgehead atoms. The number of aliphatic carboxylic acids is 1. The van der Waals surface area contributed by atoms with Gasteiger partial charge in [0, 0.05) is 11.8 Å². The first-order chi connectivity index (χ1) is 8.05. The van der Waals surface area contributed by atoms with Crippen molar-refractivity contribution in [3.05, 3.63) is 18.2 Å². The van der Waals surface area contributed by atoms with Gasteiger partial charge in [-0.15, -0.1) is 0 Å². The van der Waals surface area contributed by atoms with Crippen LogP contribution in [-0.4, -0.2) is 23.4 Å². The molecule has 92 valence electrons. The van der Waals surface area contributed by atoms with E-state index in [0.29, 0.717) is 23.6 Å². The van der Waals surface area contributed by atoms with Gasteiger partial charge in [-0.3, -0.25) is 0 Å². The van der Waals surface area contributed by atoms with E-state index in [1.54, 1.807) is 25.1 Å². The Hall–Kier alpha value is -1.91. The molecule has 0 aliphatic carbocycles. The average Bonchev–Trinajstić information content (AvgIpc) is 2.75. The van der Waals surface area contributed by atoms with Gasteiger partial charge in [-0.05, 0) is 25.5 Å². The third-order valence-corrected chi connectivity index (χ3v) is 2.97. The summed E-state index contributed by atoms with van der Waals surface area (Å²) in [4.78, 5) is 11.2. The Morgan fingerprint density at radius 1 is 1.47 bits per heavy atom. The number of nitrogens with one attached hydrogen (secondary N) is 1. The molecule has 0 radical (unpaired) electrons. The summed E-state index contributed by atoms with van der Waals surface area (Å²) in [6.07, 6.45) is 0.483. The molecule has 0 spiro atoms. The Bertz CT molecular complexity index is 446. The molecule has 0 saturated carbocycles. The smallest absolute Gasteiger partial charge is 0.329 e. The fraction of sp³-hybridized carbons (Fsp3) is 0.417. The first kappa shape index (κ1) is 11.6. The third kappa shape index (κ3) is 2.13. The minimum Gasteiger partial charge on any atom is -0.480 e. The Morgan fingerprint density at radius 3 is 2.82 bits per heavy atom. The highest BCUT2D eigenvalue weighted by Crippen LogP contribution is 2.35. The molecule has 1 aliphatic rings. The molecule has 5 nitrogen and oxygen atoms in total. The maximum Gasteiger partial charge on any atom is 0.329 e. The minimum absolute atomic E-state index is 0.211. The van der Waals surface area contributed by atoms with Crippen LogP contribution in [0.5, 0.6) is 11.5 Å². The van der Waals surface area contributed by atoms with E-state index in [4.69, 9.17) is 14.6 Å². The van der Waals surface area contributed by atoms with Crippen molar-refractivity contribution in [2.24, 2.45) is 0 Å². The number of ether oxygens (including phenoxy) is 2. The lowest BCUT2D eigenvalue weighted by molar-refractivity contribution is -0.141. The van der Waals surface area contributed by atoms with Crippen molar-refractivity contribution in [1.29, 1.82) is 0 Å². The number of carboxylic acids is 1. The van der Waals surface area contributed by atoms with Crippen molar-refractivity contribution in [3.8, 4) is 11.5 Å². The highest BCUT2D eigenvalue weighted by molar-refractivity contribution is 5.82. The summed E-state index contributed by atoms with van der Waals surface area (Å²) >= 11 is 0. The minimum atomic E-state index is -0.978. The normalized spacial score (nSPS) is 16.4. The van der Waals surface area contributed by atoms with E-state index in [9.17, 15) is 4.79 Å².